The van der Waals surface area contributed by atoms with Gasteiger partial charge in [0.05, 0.1) is 11.8 Å². The van der Waals surface area contributed by atoms with Crippen molar-refractivity contribution in [3.8, 4) is 0 Å². The van der Waals surface area contributed by atoms with Gasteiger partial charge in [-0.05, 0) is 30.7 Å². The molecule has 114 valence electrons. The number of rotatable bonds is 6. The maximum absolute atomic E-state index is 12.9. The summed E-state index contributed by atoms with van der Waals surface area (Å²) in [4.78, 5) is 0. The van der Waals surface area contributed by atoms with Crippen molar-refractivity contribution in [1.29, 1.82) is 0 Å². The third kappa shape index (κ3) is 4.52. The molecule has 0 bridgehead atoms. The van der Waals surface area contributed by atoms with Gasteiger partial charge in [0, 0.05) is 19.3 Å². The lowest BCUT2D eigenvalue weighted by Gasteiger charge is -2.13. The molecule has 2 aromatic rings. The smallest absolute Gasteiger partial charge is 0.313 e. The van der Waals surface area contributed by atoms with Crippen molar-refractivity contribution in [2.24, 2.45) is 0 Å². The van der Waals surface area contributed by atoms with Gasteiger partial charge in [-0.1, -0.05) is 11.3 Å². The van der Waals surface area contributed by atoms with E-state index < -0.39 is 17.6 Å². The summed E-state index contributed by atoms with van der Waals surface area (Å²) in [5.41, 5.74) is -0.907. The minimum atomic E-state index is -4.56. The van der Waals surface area contributed by atoms with Crippen LogP contribution in [0.25, 0.3) is 0 Å². The average Bonchev–Trinajstić information content (AvgIpc) is 2.92. The molecule has 0 unspecified atom stereocenters. The molecule has 0 aliphatic carbocycles. The quantitative estimate of drug-likeness (QED) is 0.659. The monoisotopic (exact) mass is 302 g/mol. The molecule has 1 aromatic heterocycles. The number of aromatic nitrogens is 3. The van der Waals surface area contributed by atoms with E-state index in [1.165, 1.54) is 0 Å². The number of nitrogens with zero attached hydrogens (tertiary/aromatic N) is 3. The SMILES string of the molecule is Fc1ccc(CNCCCn2ccnn2)c(C(F)(F)F)c1. The van der Waals surface area contributed by atoms with Gasteiger partial charge in [0.25, 0.3) is 0 Å². The second-order valence-corrected chi connectivity index (χ2v) is 4.50. The van der Waals surface area contributed by atoms with Crippen LogP contribution in [-0.2, 0) is 19.3 Å². The van der Waals surface area contributed by atoms with Gasteiger partial charge in [-0.3, -0.25) is 4.68 Å². The normalized spacial score (nSPS) is 11.8. The van der Waals surface area contributed by atoms with Crippen LogP contribution in [0.4, 0.5) is 17.6 Å². The number of nitrogens with one attached hydrogen (secondary N) is 1. The Morgan fingerprint density at radius 1 is 1.24 bits per heavy atom. The number of alkyl halides is 3. The summed E-state index contributed by atoms with van der Waals surface area (Å²) in [6.45, 7) is 1.18. The van der Waals surface area contributed by atoms with Crippen LogP contribution in [0.3, 0.4) is 0 Å². The molecule has 0 aliphatic heterocycles. The van der Waals surface area contributed by atoms with Crippen LogP contribution in [0.2, 0.25) is 0 Å². The third-order valence-corrected chi connectivity index (χ3v) is 2.91. The van der Waals surface area contributed by atoms with Crippen LogP contribution in [-0.4, -0.2) is 21.5 Å². The number of hydrogen-bond acceptors (Lipinski definition) is 3. The molecule has 0 spiro atoms. The van der Waals surface area contributed by atoms with Crippen LogP contribution in [0.1, 0.15) is 17.5 Å². The predicted molar refractivity (Wildman–Crippen MR) is 67.7 cm³/mol. The van der Waals surface area contributed by atoms with Crippen LogP contribution in [0.5, 0.6) is 0 Å². The molecular weight excluding hydrogens is 288 g/mol. The van der Waals surface area contributed by atoms with Gasteiger partial charge < -0.3 is 5.32 Å². The van der Waals surface area contributed by atoms with Crippen molar-refractivity contribution in [2.45, 2.75) is 25.7 Å². The van der Waals surface area contributed by atoms with Crippen LogP contribution >= 0.6 is 0 Å². The standard InChI is InChI=1S/C13H14F4N4/c14-11-3-2-10(12(8-11)13(15,16)17)9-18-4-1-6-21-7-5-19-20-21/h2-3,5,7-8,18H,1,4,6,9H2. The van der Waals surface area contributed by atoms with Crippen molar-refractivity contribution in [1.82, 2.24) is 20.3 Å². The summed E-state index contributed by atoms with van der Waals surface area (Å²) in [6.07, 6.45) is -0.588. The van der Waals surface area contributed by atoms with Crippen molar-refractivity contribution in [2.75, 3.05) is 6.54 Å². The lowest BCUT2D eigenvalue weighted by molar-refractivity contribution is -0.138. The lowest BCUT2D eigenvalue weighted by atomic mass is 10.1. The maximum Gasteiger partial charge on any atom is 0.416 e. The molecule has 0 amide bonds. The van der Waals surface area contributed by atoms with E-state index in [1.807, 2.05) is 0 Å². The van der Waals surface area contributed by atoms with E-state index in [-0.39, 0.29) is 12.1 Å². The van der Waals surface area contributed by atoms with Gasteiger partial charge in [-0.2, -0.15) is 13.2 Å². The molecule has 0 saturated carbocycles. The Balaban J connectivity index is 1.85. The van der Waals surface area contributed by atoms with Crippen molar-refractivity contribution < 1.29 is 17.6 Å². The lowest BCUT2D eigenvalue weighted by Crippen LogP contribution is -2.20. The fourth-order valence-electron chi connectivity index (χ4n) is 1.91. The zero-order valence-corrected chi connectivity index (χ0v) is 11.1. The maximum atomic E-state index is 12.9. The zero-order valence-electron chi connectivity index (χ0n) is 11.1. The Kier molecular flexibility index (Phi) is 4.89. The highest BCUT2D eigenvalue weighted by Crippen LogP contribution is 2.32. The Labute approximate surface area is 118 Å². The van der Waals surface area contributed by atoms with Gasteiger partial charge in [0.15, 0.2) is 0 Å². The first-order valence-corrected chi connectivity index (χ1v) is 6.37. The largest absolute Gasteiger partial charge is 0.416 e. The van der Waals surface area contributed by atoms with E-state index in [1.54, 1.807) is 17.1 Å². The Hall–Kier alpha value is -1.96. The topological polar surface area (TPSA) is 42.7 Å². The fraction of sp³-hybridized carbons (Fsp3) is 0.385. The first kappa shape index (κ1) is 15.4. The first-order chi connectivity index (χ1) is 9.97. The van der Waals surface area contributed by atoms with Crippen LogP contribution < -0.4 is 5.32 Å². The molecule has 21 heavy (non-hydrogen) atoms. The van der Waals surface area contributed by atoms with Gasteiger partial charge in [0.2, 0.25) is 0 Å². The molecule has 1 N–H and O–H groups in total. The molecule has 4 nitrogen and oxygen atoms in total. The van der Waals surface area contributed by atoms with Crippen LogP contribution in [0.15, 0.2) is 30.6 Å². The molecule has 0 fully saturated rings. The van der Waals surface area contributed by atoms with Crippen molar-refractivity contribution >= 4 is 0 Å². The number of halogens is 4. The summed E-state index contributed by atoms with van der Waals surface area (Å²) in [5.74, 6) is -0.891. The van der Waals surface area contributed by atoms with Gasteiger partial charge in [-0.25, -0.2) is 4.39 Å². The Bertz CT molecular complexity index is 566. The molecule has 8 heteroatoms. The first-order valence-electron chi connectivity index (χ1n) is 6.37. The second-order valence-electron chi connectivity index (χ2n) is 4.50. The molecular formula is C13H14F4N4. The van der Waals surface area contributed by atoms with Crippen molar-refractivity contribution in [3.63, 3.8) is 0 Å². The Morgan fingerprint density at radius 2 is 2.05 bits per heavy atom. The number of aryl methyl sites for hydroxylation is 1. The van der Waals surface area contributed by atoms with E-state index in [0.717, 1.165) is 12.1 Å². The molecule has 1 heterocycles. The third-order valence-electron chi connectivity index (χ3n) is 2.91. The summed E-state index contributed by atoms with van der Waals surface area (Å²) >= 11 is 0. The van der Waals surface area contributed by atoms with E-state index in [2.05, 4.69) is 15.6 Å². The summed E-state index contributed by atoms with van der Waals surface area (Å²) < 4.78 is 52.9. The highest BCUT2D eigenvalue weighted by molar-refractivity contribution is 5.30. The van der Waals surface area contributed by atoms with E-state index in [4.69, 9.17) is 0 Å². The summed E-state index contributed by atoms with van der Waals surface area (Å²) in [6, 6.07) is 2.71. The van der Waals surface area contributed by atoms with Gasteiger partial charge >= 0.3 is 6.18 Å². The molecule has 0 atom stereocenters. The average molecular weight is 302 g/mol. The Morgan fingerprint density at radius 3 is 2.71 bits per heavy atom. The molecule has 0 aliphatic rings. The van der Waals surface area contributed by atoms with E-state index in [0.29, 0.717) is 25.6 Å². The van der Waals surface area contributed by atoms with E-state index in [9.17, 15) is 17.6 Å². The minimum absolute atomic E-state index is 0.0321. The number of benzene rings is 1. The van der Waals surface area contributed by atoms with Gasteiger partial charge in [-0.15, -0.1) is 5.10 Å². The zero-order chi connectivity index (χ0) is 15.3. The molecule has 0 saturated heterocycles. The fourth-order valence-corrected chi connectivity index (χ4v) is 1.91. The highest BCUT2D eigenvalue weighted by Gasteiger charge is 2.33. The summed E-state index contributed by atoms with van der Waals surface area (Å²) in [5, 5.41) is 10.3. The second kappa shape index (κ2) is 6.66. The number of hydrogen-bond donors (Lipinski definition) is 1. The molecule has 0 radical (unpaired) electrons. The van der Waals surface area contributed by atoms with E-state index >= 15 is 0 Å². The minimum Gasteiger partial charge on any atom is -0.313 e. The summed E-state index contributed by atoms with van der Waals surface area (Å²) in [7, 11) is 0. The van der Waals surface area contributed by atoms with Gasteiger partial charge in [0.1, 0.15) is 5.82 Å². The predicted octanol–water partition coefficient (Wildman–Crippen LogP) is 2.62. The van der Waals surface area contributed by atoms with Crippen LogP contribution in [0, 0.1) is 5.82 Å². The molecule has 1 aromatic carbocycles. The molecule has 2 rings (SSSR count). The van der Waals surface area contributed by atoms with Crippen molar-refractivity contribution in [3.05, 3.63) is 47.5 Å². The highest BCUT2D eigenvalue weighted by atomic mass is 19.4.